The molecule has 0 bridgehead atoms. The maximum atomic E-state index is 12.7. The minimum atomic E-state index is -0.222. The SMILES string of the molecule is COc1c(C)cccc1C(=O)NC1=C[C@H]2N=C(c3cccnc3)O[C@H]2C=C1. The Balaban J connectivity index is 1.53. The van der Waals surface area contributed by atoms with E-state index in [0.29, 0.717) is 22.9 Å². The van der Waals surface area contributed by atoms with E-state index in [9.17, 15) is 4.79 Å². The predicted octanol–water partition coefficient (Wildman–Crippen LogP) is 2.80. The van der Waals surface area contributed by atoms with Crippen molar-refractivity contribution >= 4 is 11.8 Å². The molecule has 0 unspecified atom stereocenters. The summed E-state index contributed by atoms with van der Waals surface area (Å²) in [7, 11) is 1.56. The van der Waals surface area contributed by atoms with Gasteiger partial charge in [0.25, 0.3) is 5.91 Å². The van der Waals surface area contributed by atoms with Crippen molar-refractivity contribution in [1.82, 2.24) is 10.3 Å². The van der Waals surface area contributed by atoms with Crippen LogP contribution in [0, 0.1) is 6.92 Å². The average Bonchev–Trinajstić information content (AvgIpc) is 3.12. The molecule has 2 aromatic rings. The van der Waals surface area contributed by atoms with Crippen LogP contribution in [0.15, 0.2) is 71.6 Å². The van der Waals surface area contributed by atoms with Crippen molar-refractivity contribution in [2.45, 2.75) is 19.1 Å². The molecule has 1 aliphatic carbocycles. The highest BCUT2D eigenvalue weighted by Crippen LogP contribution is 2.26. The first kappa shape index (κ1) is 17.0. The Morgan fingerprint density at radius 1 is 1.26 bits per heavy atom. The van der Waals surface area contributed by atoms with Gasteiger partial charge in [0.2, 0.25) is 5.90 Å². The Kier molecular flexibility index (Phi) is 4.46. The fourth-order valence-electron chi connectivity index (χ4n) is 3.18. The minimum Gasteiger partial charge on any atom is -0.496 e. The molecule has 2 aliphatic rings. The van der Waals surface area contributed by atoms with Crippen molar-refractivity contribution in [1.29, 1.82) is 0 Å². The summed E-state index contributed by atoms with van der Waals surface area (Å²) in [6.45, 7) is 1.91. The molecule has 1 aromatic carbocycles. The number of ether oxygens (including phenoxy) is 2. The Hall–Kier alpha value is -3.41. The van der Waals surface area contributed by atoms with Crippen molar-refractivity contribution < 1.29 is 14.3 Å². The number of methoxy groups -OCH3 is 1. The number of aryl methyl sites for hydroxylation is 1. The Morgan fingerprint density at radius 3 is 2.93 bits per heavy atom. The number of aromatic nitrogens is 1. The van der Waals surface area contributed by atoms with Crippen molar-refractivity contribution in [3.05, 3.63) is 83.3 Å². The van der Waals surface area contributed by atoms with E-state index in [1.54, 1.807) is 25.6 Å². The van der Waals surface area contributed by atoms with E-state index in [4.69, 9.17) is 9.47 Å². The first-order chi connectivity index (χ1) is 13.2. The number of carbonyl (C=O) groups is 1. The second-order valence-corrected chi connectivity index (χ2v) is 6.34. The molecule has 4 rings (SSSR count). The van der Waals surface area contributed by atoms with Crippen molar-refractivity contribution in [3.8, 4) is 5.75 Å². The fourth-order valence-corrected chi connectivity index (χ4v) is 3.18. The number of benzene rings is 1. The number of rotatable bonds is 4. The van der Waals surface area contributed by atoms with Gasteiger partial charge in [0.15, 0.2) is 0 Å². The molecule has 1 N–H and O–H groups in total. The number of nitrogens with one attached hydrogen (secondary N) is 1. The lowest BCUT2D eigenvalue weighted by atomic mass is 10.0. The lowest BCUT2D eigenvalue weighted by Gasteiger charge is -2.18. The number of hydrogen-bond donors (Lipinski definition) is 1. The largest absolute Gasteiger partial charge is 0.496 e. The van der Waals surface area contributed by atoms with Gasteiger partial charge in [0, 0.05) is 18.1 Å². The number of aliphatic imine (C=N–C) groups is 1. The van der Waals surface area contributed by atoms with E-state index in [0.717, 1.165) is 11.1 Å². The minimum absolute atomic E-state index is 0.172. The van der Waals surface area contributed by atoms with Gasteiger partial charge in [-0.3, -0.25) is 9.78 Å². The summed E-state index contributed by atoms with van der Waals surface area (Å²) in [5.74, 6) is 0.918. The fraction of sp³-hybridized carbons (Fsp3) is 0.190. The molecule has 6 heteroatoms. The molecular formula is C21H19N3O3. The zero-order chi connectivity index (χ0) is 18.8. The van der Waals surface area contributed by atoms with Crippen LogP contribution < -0.4 is 10.1 Å². The Bertz CT molecular complexity index is 964. The smallest absolute Gasteiger partial charge is 0.259 e. The summed E-state index contributed by atoms with van der Waals surface area (Å²) in [6.07, 6.45) is 8.89. The van der Waals surface area contributed by atoms with Crippen LogP contribution in [0.2, 0.25) is 0 Å². The number of para-hydroxylation sites is 1. The molecule has 0 spiro atoms. The van der Waals surface area contributed by atoms with Gasteiger partial charge in [-0.1, -0.05) is 12.1 Å². The van der Waals surface area contributed by atoms with Crippen LogP contribution in [0.5, 0.6) is 5.75 Å². The van der Waals surface area contributed by atoms with E-state index in [1.807, 2.05) is 49.4 Å². The molecule has 136 valence electrons. The van der Waals surface area contributed by atoms with Gasteiger partial charge in [-0.15, -0.1) is 0 Å². The number of hydrogen-bond acceptors (Lipinski definition) is 5. The third-order valence-electron chi connectivity index (χ3n) is 4.49. The molecule has 0 saturated heterocycles. The number of carbonyl (C=O) groups excluding carboxylic acids is 1. The zero-order valence-corrected chi connectivity index (χ0v) is 15.0. The lowest BCUT2D eigenvalue weighted by Crippen LogP contribution is -2.28. The molecular weight excluding hydrogens is 342 g/mol. The summed E-state index contributed by atoms with van der Waals surface area (Å²) >= 11 is 0. The van der Waals surface area contributed by atoms with Crippen LogP contribution in [-0.2, 0) is 4.74 Å². The van der Waals surface area contributed by atoms with Gasteiger partial charge in [-0.05, 0) is 48.9 Å². The van der Waals surface area contributed by atoms with Crippen LogP contribution >= 0.6 is 0 Å². The number of pyridine rings is 1. The second-order valence-electron chi connectivity index (χ2n) is 6.34. The van der Waals surface area contributed by atoms with Crippen molar-refractivity contribution in [2.75, 3.05) is 7.11 Å². The van der Waals surface area contributed by atoms with E-state index >= 15 is 0 Å². The highest BCUT2D eigenvalue weighted by molar-refractivity contribution is 5.99. The summed E-state index contributed by atoms with van der Waals surface area (Å²) in [5.41, 5.74) is 2.93. The number of allylic oxidation sites excluding steroid dienone is 1. The molecule has 27 heavy (non-hydrogen) atoms. The molecule has 1 aliphatic heterocycles. The molecule has 1 aromatic heterocycles. The molecule has 1 amide bonds. The van der Waals surface area contributed by atoms with Gasteiger partial charge >= 0.3 is 0 Å². The van der Waals surface area contributed by atoms with Gasteiger partial charge in [0.1, 0.15) is 17.9 Å². The molecule has 2 atom stereocenters. The predicted molar refractivity (Wildman–Crippen MR) is 102 cm³/mol. The molecule has 0 radical (unpaired) electrons. The Morgan fingerprint density at radius 2 is 2.15 bits per heavy atom. The van der Waals surface area contributed by atoms with E-state index < -0.39 is 0 Å². The maximum absolute atomic E-state index is 12.7. The second kappa shape index (κ2) is 7.07. The third kappa shape index (κ3) is 3.33. The normalized spacial score (nSPS) is 20.2. The average molecular weight is 361 g/mol. The summed E-state index contributed by atoms with van der Waals surface area (Å²) in [4.78, 5) is 21.4. The number of fused-ring (bicyclic) bond motifs is 1. The van der Waals surface area contributed by atoms with Gasteiger partial charge in [-0.2, -0.15) is 0 Å². The van der Waals surface area contributed by atoms with E-state index in [2.05, 4.69) is 15.3 Å². The van der Waals surface area contributed by atoms with Crippen LogP contribution in [0.25, 0.3) is 0 Å². The zero-order valence-electron chi connectivity index (χ0n) is 15.0. The maximum Gasteiger partial charge on any atom is 0.259 e. The summed E-state index contributed by atoms with van der Waals surface area (Å²) < 4.78 is 11.3. The van der Waals surface area contributed by atoms with Crippen LogP contribution in [0.1, 0.15) is 21.5 Å². The molecule has 0 fully saturated rings. The first-order valence-corrected chi connectivity index (χ1v) is 8.65. The quantitative estimate of drug-likeness (QED) is 0.909. The van der Waals surface area contributed by atoms with Gasteiger partial charge in [0.05, 0.1) is 18.2 Å². The van der Waals surface area contributed by atoms with Gasteiger partial charge < -0.3 is 14.8 Å². The monoisotopic (exact) mass is 361 g/mol. The molecule has 6 nitrogen and oxygen atoms in total. The summed E-state index contributed by atoms with van der Waals surface area (Å²) in [6, 6.07) is 9.06. The number of nitrogens with zero attached hydrogens (tertiary/aromatic N) is 2. The van der Waals surface area contributed by atoms with Crippen LogP contribution in [0.3, 0.4) is 0 Å². The third-order valence-corrected chi connectivity index (χ3v) is 4.49. The summed E-state index contributed by atoms with van der Waals surface area (Å²) in [5, 5.41) is 2.92. The highest BCUT2D eigenvalue weighted by Gasteiger charge is 2.31. The van der Waals surface area contributed by atoms with Crippen molar-refractivity contribution in [3.63, 3.8) is 0 Å². The first-order valence-electron chi connectivity index (χ1n) is 8.65. The van der Waals surface area contributed by atoms with Crippen molar-refractivity contribution in [2.24, 2.45) is 4.99 Å². The molecule has 2 heterocycles. The van der Waals surface area contributed by atoms with Crippen LogP contribution in [-0.4, -0.2) is 36.0 Å². The number of amides is 1. The molecule has 0 saturated carbocycles. The van der Waals surface area contributed by atoms with E-state index in [1.165, 1.54) is 0 Å². The lowest BCUT2D eigenvalue weighted by molar-refractivity contribution is 0.0963. The van der Waals surface area contributed by atoms with Crippen LogP contribution in [0.4, 0.5) is 0 Å². The Labute approximate surface area is 157 Å². The topological polar surface area (TPSA) is 72.8 Å². The van der Waals surface area contributed by atoms with Gasteiger partial charge in [-0.25, -0.2) is 4.99 Å². The highest BCUT2D eigenvalue weighted by atomic mass is 16.5. The van der Waals surface area contributed by atoms with E-state index in [-0.39, 0.29) is 18.1 Å². The standard InChI is InChI=1S/C21H19N3O3/c1-13-5-3-7-16(19(13)26-2)20(25)23-15-8-9-18-17(11-15)24-21(27-18)14-6-4-10-22-12-14/h3-12,17-18H,1-2H3,(H,23,25)/t17-,18+/m1/s1.